The SMILES string of the molecule is CC(C)(C)OC(=O)N1Cc2c(B3OC(C)(C)C(C)(C)O3)cccc2C(F)(F)C1. The molecule has 1 fully saturated rings. The van der Waals surface area contributed by atoms with Crippen molar-refractivity contribution in [2.75, 3.05) is 6.54 Å². The predicted octanol–water partition coefficient (Wildman–Crippen LogP) is 3.83. The van der Waals surface area contributed by atoms with Crippen LogP contribution >= 0.6 is 0 Å². The van der Waals surface area contributed by atoms with Crippen molar-refractivity contribution in [1.82, 2.24) is 4.90 Å². The average Bonchev–Trinajstić information content (AvgIpc) is 2.72. The third kappa shape index (κ3) is 3.76. The number of ether oxygens (including phenoxy) is 1. The Bertz CT molecular complexity index is 773. The highest BCUT2D eigenvalue weighted by atomic mass is 19.3. The van der Waals surface area contributed by atoms with Crippen molar-refractivity contribution >= 4 is 18.7 Å². The topological polar surface area (TPSA) is 48.0 Å². The van der Waals surface area contributed by atoms with E-state index in [-0.39, 0.29) is 12.1 Å². The van der Waals surface area contributed by atoms with Crippen LogP contribution in [0.4, 0.5) is 13.6 Å². The number of halogens is 2. The molecule has 0 spiro atoms. The second-order valence-electron chi connectivity index (χ2n) is 9.50. The maximum atomic E-state index is 14.9. The van der Waals surface area contributed by atoms with E-state index in [0.29, 0.717) is 11.0 Å². The first-order chi connectivity index (χ1) is 12.6. The van der Waals surface area contributed by atoms with Gasteiger partial charge in [0.1, 0.15) is 5.60 Å². The van der Waals surface area contributed by atoms with Gasteiger partial charge in [-0.05, 0) is 59.5 Å². The molecule has 0 radical (unpaired) electrons. The van der Waals surface area contributed by atoms with Crippen molar-refractivity contribution in [3.63, 3.8) is 0 Å². The molecule has 5 nitrogen and oxygen atoms in total. The number of nitrogens with zero attached hydrogens (tertiary/aromatic N) is 1. The molecule has 8 heteroatoms. The number of amides is 1. The maximum Gasteiger partial charge on any atom is 0.495 e. The summed E-state index contributed by atoms with van der Waals surface area (Å²) in [7, 11) is -0.783. The summed E-state index contributed by atoms with van der Waals surface area (Å²) in [5, 5.41) is 0. The van der Waals surface area contributed by atoms with Crippen LogP contribution in [-0.4, -0.2) is 41.5 Å². The number of fused-ring (bicyclic) bond motifs is 1. The third-order valence-corrected chi connectivity index (χ3v) is 5.50. The molecule has 2 heterocycles. The van der Waals surface area contributed by atoms with Gasteiger partial charge in [-0.3, -0.25) is 4.90 Å². The summed E-state index contributed by atoms with van der Waals surface area (Å²) < 4.78 is 47.2. The highest BCUT2D eigenvalue weighted by Gasteiger charge is 2.53. The Morgan fingerprint density at radius 3 is 2.25 bits per heavy atom. The molecule has 0 unspecified atom stereocenters. The van der Waals surface area contributed by atoms with Crippen LogP contribution in [0.15, 0.2) is 18.2 Å². The molecular weight excluding hydrogens is 367 g/mol. The van der Waals surface area contributed by atoms with E-state index in [1.54, 1.807) is 32.9 Å². The summed E-state index contributed by atoms with van der Waals surface area (Å²) in [4.78, 5) is 13.5. The number of hydrogen-bond acceptors (Lipinski definition) is 4. The fourth-order valence-electron chi connectivity index (χ4n) is 3.34. The Morgan fingerprint density at radius 2 is 1.71 bits per heavy atom. The fourth-order valence-corrected chi connectivity index (χ4v) is 3.34. The lowest BCUT2D eigenvalue weighted by molar-refractivity contribution is -0.0589. The van der Waals surface area contributed by atoms with Crippen molar-refractivity contribution in [3.05, 3.63) is 29.3 Å². The highest BCUT2D eigenvalue weighted by Crippen LogP contribution is 2.40. The number of carbonyl (C=O) groups is 1. The normalized spacial score (nSPS) is 22.8. The zero-order valence-corrected chi connectivity index (χ0v) is 17.6. The molecular formula is C20H28BF2NO4. The number of hydrogen-bond donors (Lipinski definition) is 0. The Hall–Kier alpha value is -1.67. The van der Waals surface area contributed by atoms with E-state index < -0.39 is 42.5 Å². The van der Waals surface area contributed by atoms with E-state index in [0.717, 1.165) is 4.90 Å². The first-order valence-corrected chi connectivity index (χ1v) is 9.47. The van der Waals surface area contributed by atoms with E-state index >= 15 is 0 Å². The molecule has 0 aliphatic carbocycles. The molecule has 1 aromatic carbocycles. The largest absolute Gasteiger partial charge is 0.495 e. The monoisotopic (exact) mass is 395 g/mol. The minimum Gasteiger partial charge on any atom is -0.444 e. The van der Waals surface area contributed by atoms with Gasteiger partial charge >= 0.3 is 13.2 Å². The molecule has 154 valence electrons. The second kappa shape index (κ2) is 6.42. The first-order valence-electron chi connectivity index (χ1n) is 9.47. The molecule has 0 bridgehead atoms. The van der Waals surface area contributed by atoms with E-state index in [1.165, 1.54) is 6.07 Å². The second-order valence-corrected chi connectivity index (χ2v) is 9.50. The van der Waals surface area contributed by atoms with Crippen LogP contribution in [0.2, 0.25) is 0 Å². The third-order valence-electron chi connectivity index (χ3n) is 5.50. The Balaban J connectivity index is 1.98. The Morgan fingerprint density at radius 1 is 1.14 bits per heavy atom. The molecule has 0 saturated carbocycles. The fraction of sp³-hybridized carbons (Fsp3) is 0.650. The van der Waals surface area contributed by atoms with Crippen molar-refractivity contribution in [1.29, 1.82) is 0 Å². The summed E-state index contributed by atoms with van der Waals surface area (Å²) in [6, 6.07) is 4.70. The summed E-state index contributed by atoms with van der Waals surface area (Å²) in [5.41, 5.74) is -1.19. The van der Waals surface area contributed by atoms with Crippen LogP contribution < -0.4 is 5.46 Å². The molecule has 0 aromatic heterocycles. The Labute approximate surface area is 165 Å². The average molecular weight is 395 g/mol. The Kier molecular flexibility index (Phi) is 4.83. The number of alkyl halides is 2. The van der Waals surface area contributed by atoms with Crippen molar-refractivity contribution in [2.45, 2.75) is 77.7 Å². The molecule has 3 rings (SSSR count). The van der Waals surface area contributed by atoms with Crippen LogP contribution in [-0.2, 0) is 26.5 Å². The van der Waals surface area contributed by atoms with Gasteiger partial charge in [-0.15, -0.1) is 0 Å². The van der Waals surface area contributed by atoms with E-state index in [9.17, 15) is 13.6 Å². The zero-order chi connectivity index (χ0) is 21.1. The molecule has 2 aliphatic heterocycles. The van der Waals surface area contributed by atoms with Gasteiger partial charge in [0.2, 0.25) is 0 Å². The lowest BCUT2D eigenvalue weighted by Gasteiger charge is -2.36. The zero-order valence-electron chi connectivity index (χ0n) is 17.6. The molecule has 28 heavy (non-hydrogen) atoms. The van der Waals surface area contributed by atoms with Crippen molar-refractivity contribution < 1.29 is 27.6 Å². The van der Waals surface area contributed by atoms with Crippen LogP contribution in [0.3, 0.4) is 0 Å². The molecule has 0 N–H and O–H groups in total. The van der Waals surface area contributed by atoms with Crippen LogP contribution in [0.25, 0.3) is 0 Å². The van der Waals surface area contributed by atoms with Crippen LogP contribution in [0, 0.1) is 0 Å². The number of rotatable bonds is 1. The van der Waals surface area contributed by atoms with Crippen molar-refractivity contribution in [2.24, 2.45) is 0 Å². The lowest BCUT2D eigenvalue weighted by atomic mass is 9.73. The standard InChI is InChI=1S/C20H28BF2NO4/c1-17(2,3)26-16(25)24-11-13-14(20(22,23)12-24)9-8-10-15(13)21-27-18(4,5)19(6,7)28-21/h8-10H,11-12H2,1-7H3. The molecule has 1 saturated heterocycles. The first kappa shape index (κ1) is 21.1. The summed E-state index contributed by atoms with van der Waals surface area (Å²) in [6.45, 7) is 12.0. The number of carbonyl (C=O) groups excluding carboxylic acids is 1. The van der Waals surface area contributed by atoms with E-state index in [1.807, 2.05) is 27.7 Å². The summed E-state index contributed by atoms with van der Waals surface area (Å²) in [6.07, 6.45) is -0.762. The van der Waals surface area contributed by atoms with Gasteiger partial charge in [0.15, 0.2) is 0 Å². The van der Waals surface area contributed by atoms with Gasteiger partial charge in [0.25, 0.3) is 5.92 Å². The quantitative estimate of drug-likeness (QED) is 0.679. The van der Waals surface area contributed by atoms with Gasteiger partial charge in [0.05, 0.1) is 17.7 Å². The minimum atomic E-state index is -3.19. The summed E-state index contributed by atoms with van der Waals surface area (Å²) >= 11 is 0. The molecule has 0 atom stereocenters. The van der Waals surface area contributed by atoms with E-state index in [2.05, 4.69) is 0 Å². The van der Waals surface area contributed by atoms with Gasteiger partial charge < -0.3 is 14.0 Å². The lowest BCUT2D eigenvalue weighted by Crippen LogP contribution is -2.49. The minimum absolute atomic E-state index is 0.0140. The number of benzene rings is 1. The van der Waals surface area contributed by atoms with Crippen LogP contribution in [0.5, 0.6) is 0 Å². The summed E-state index contributed by atoms with van der Waals surface area (Å²) in [5.74, 6) is -3.19. The smallest absolute Gasteiger partial charge is 0.444 e. The van der Waals surface area contributed by atoms with Gasteiger partial charge in [-0.2, -0.15) is 8.78 Å². The predicted molar refractivity (Wildman–Crippen MR) is 103 cm³/mol. The molecule has 2 aliphatic rings. The van der Waals surface area contributed by atoms with Gasteiger partial charge in [-0.25, -0.2) is 4.79 Å². The highest BCUT2D eigenvalue weighted by molar-refractivity contribution is 6.62. The van der Waals surface area contributed by atoms with Gasteiger partial charge in [0, 0.05) is 12.1 Å². The maximum absolute atomic E-state index is 14.9. The van der Waals surface area contributed by atoms with E-state index in [4.69, 9.17) is 14.0 Å². The van der Waals surface area contributed by atoms with Gasteiger partial charge in [-0.1, -0.05) is 18.2 Å². The molecule has 1 aromatic rings. The van der Waals surface area contributed by atoms with Crippen molar-refractivity contribution in [3.8, 4) is 0 Å². The van der Waals surface area contributed by atoms with Crippen LogP contribution in [0.1, 0.15) is 59.6 Å². The molecule has 1 amide bonds.